The fraction of sp³-hybridized carbons (Fsp3) is 0.571. The lowest BCUT2D eigenvalue weighted by atomic mass is 9.95. The predicted octanol–water partition coefficient (Wildman–Crippen LogP) is 4.20. The molecule has 1 saturated heterocycles. The highest BCUT2D eigenvalue weighted by atomic mass is 35.5. The Morgan fingerprint density at radius 2 is 1.56 bits per heavy atom. The molecule has 0 aromatic heterocycles. The van der Waals surface area contributed by atoms with Gasteiger partial charge < -0.3 is 5.32 Å². The van der Waals surface area contributed by atoms with Gasteiger partial charge in [0.15, 0.2) is 0 Å². The van der Waals surface area contributed by atoms with Crippen molar-refractivity contribution in [2.45, 2.75) is 18.4 Å². The number of alkyl halides is 7. The summed E-state index contributed by atoms with van der Waals surface area (Å²) < 4.78 is 105. The van der Waals surface area contributed by atoms with Gasteiger partial charge in [0, 0.05) is 31.7 Å². The molecule has 1 N–H and O–H groups in total. The van der Waals surface area contributed by atoms with Crippen LogP contribution in [-0.4, -0.2) is 37.8 Å². The molecule has 0 bridgehead atoms. The Balaban J connectivity index is 0.00000312. The van der Waals surface area contributed by atoms with Gasteiger partial charge in [-0.05, 0) is 12.1 Å². The topological polar surface area (TPSA) is 15.3 Å². The summed E-state index contributed by atoms with van der Waals surface area (Å²) in [7, 11) is 0. The molecule has 1 aliphatic heterocycles. The number of piperazine rings is 1. The smallest absolute Gasteiger partial charge is 0.314 e. The molecule has 2 nitrogen and oxygen atoms in total. The molecule has 1 heterocycles. The minimum atomic E-state index is -5.24. The number of hydrogen-bond acceptors (Lipinski definition) is 2. The lowest BCUT2D eigenvalue weighted by Crippen LogP contribution is -2.46. The van der Waals surface area contributed by atoms with Crippen molar-refractivity contribution in [1.82, 2.24) is 10.2 Å². The maximum atomic E-state index is 14.2. The minimum Gasteiger partial charge on any atom is -0.314 e. The molecule has 1 aromatic rings. The molecule has 0 amide bonds. The van der Waals surface area contributed by atoms with E-state index in [0.717, 1.165) is 0 Å². The first-order valence-electron chi connectivity index (χ1n) is 7.04. The molecule has 1 aromatic carbocycles. The van der Waals surface area contributed by atoms with Crippen LogP contribution in [0.4, 0.5) is 35.1 Å². The van der Waals surface area contributed by atoms with E-state index < -0.39 is 47.6 Å². The average Bonchev–Trinajstić information content (AvgIpc) is 2.48. The normalized spacial score (nSPS) is 17.9. The summed E-state index contributed by atoms with van der Waals surface area (Å²) in [5, 5.41) is 2.90. The van der Waals surface area contributed by atoms with Gasteiger partial charge in [0.05, 0.1) is 17.2 Å². The molecule has 2 rings (SSSR count). The third-order valence-corrected chi connectivity index (χ3v) is 3.83. The third-order valence-electron chi connectivity index (χ3n) is 3.83. The first-order chi connectivity index (χ1) is 11.1. The van der Waals surface area contributed by atoms with Crippen LogP contribution in [0.3, 0.4) is 0 Å². The Hall–Kier alpha value is -1.13. The first kappa shape index (κ1) is 21.9. The van der Waals surface area contributed by atoms with E-state index in [0.29, 0.717) is 13.1 Å². The van der Waals surface area contributed by atoms with Gasteiger partial charge >= 0.3 is 12.4 Å². The van der Waals surface area contributed by atoms with E-state index in [9.17, 15) is 35.1 Å². The second-order valence-corrected chi connectivity index (χ2v) is 5.37. The van der Waals surface area contributed by atoms with Crippen molar-refractivity contribution in [3.05, 3.63) is 34.6 Å². The lowest BCUT2D eigenvalue weighted by molar-refractivity contribution is -0.144. The van der Waals surface area contributed by atoms with E-state index in [4.69, 9.17) is 0 Å². The zero-order chi connectivity index (χ0) is 18.1. The molecule has 0 radical (unpaired) electrons. The number of nitrogens with zero attached hydrogens (tertiary/aromatic N) is 1. The van der Waals surface area contributed by atoms with Gasteiger partial charge in [0.2, 0.25) is 0 Å². The summed E-state index contributed by atoms with van der Waals surface area (Å²) in [6.07, 6.45) is -10.4. The summed E-state index contributed by atoms with van der Waals surface area (Å²) in [4.78, 5) is 1.29. The molecule has 25 heavy (non-hydrogen) atoms. The molecule has 0 spiro atoms. The fourth-order valence-electron chi connectivity index (χ4n) is 2.71. The maximum absolute atomic E-state index is 14.2. The average molecular weight is 399 g/mol. The summed E-state index contributed by atoms with van der Waals surface area (Å²) in [5.74, 6) is -1.71. The zero-order valence-electron chi connectivity index (χ0n) is 12.6. The van der Waals surface area contributed by atoms with Crippen LogP contribution < -0.4 is 5.32 Å². The lowest BCUT2D eigenvalue weighted by Gasteiger charge is -2.35. The summed E-state index contributed by atoms with van der Waals surface area (Å²) in [5.41, 5.74) is -4.63. The molecule has 1 aliphatic rings. The Kier molecular flexibility index (Phi) is 7.05. The van der Waals surface area contributed by atoms with Crippen LogP contribution in [0.2, 0.25) is 0 Å². The number of hydrogen-bond donors (Lipinski definition) is 1. The number of halogens is 9. The highest BCUT2D eigenvalue weighted by Crippen LogP contribution is 2.41. The quantitative estimate of drug-likeness (QED) is 0.768. The summed E-state index contributed by atoms with van der Waals surface area (Å²) in [6.45, 7) is -0.301. The molecule has 11 heteroatoms. The largest absolute Gasteiger partial charge is 0.416 e. The van der Waals surface area contributed by atoms with Crippen LogP contribution in [0.25, 0.3) is 0 Å². The molecule has 144 valence electrons. The van der Waals surface area contributed by atoms with Crippen molar-refractivity contribution in [2.75, 3.05) is 32.9 Å². The van der Waals surface area contributed by atoms with Crippen molar-refractivity contribution in [2.24, 2.45) is 0 Å². The minimum absolute atomic E-state index is 0. The van der Waals surface area contributed by atoms with Crippen LogP contribution in [-0.2, 0) is 12.4 Å². The van der Waals surface area contributed by atoms with Gasteiger partial charge in [0.1, 0.15) is 12.5 Å². The fourth-order valence-corrected chi connectivity index (χ4v) is 2.71. The zero-order valence-corrected chi connectivity index (χ0v) is 13.5. The Morgan fingerprint density at radius 1 is 1.00 bits per heavy atom. The molecule has 0 aliphatic carbocycles. The summed E-state index contributed by atoms with van der Waals surface area (Å²) >= 11 is 0. The summed E-state index contributed by atoms with van der Waals surface area (Å²) in [6, 6.07) is -1.77. The SMILES string of the molecule is Cl.FC[C@@H](c1c(F)cc(C(F)(F)F)cc1C(F)(F)F)N1CCNCC1. The van der Waals surface area contributed by atoms with E-state index in [1.165, 1.54) is 4.90 Å². The Morgan fingerprint density at radius 3 is 2.00 bits per heavy atom. The van der Waals surface area contributed by atoms with Crippen molar-refractivity contribution < 1.29 is 35.1 Å². The van der Waals surface area contributed by atoms with Crippen molar-refractivity contribution >= 4 is 12.4 Å². The molecule has 1 atom stereocenters. The second kappa shape index (κ2) is 8.05. The van der Waals surface area contributed by atoms with Crippen LogP contribution in [0.1, 0.15) is 22.7 Å². The van der Waals surface area contributed by atoms with E-state index in [2.05, 4.69) is 5.32 Å². The van der Waals surface area contributed by atoms with E-state index >= 15 is 0 Å². The van der Waals surface area contributed by atoms with Crippen LogP contribution in [0, 0.1) is 5.82 Å². The number of nitrogens with one attached hydrogen (secondary N) is 1. The van der Waals surface area contributed by atoms with Gasteiger partial charge in [-0.1, -0.05) is 0 Å². The third kappa shape index (κ3) is 4.95. The Bertz CT molecular complexity index is 581. The molecule has 0 saturated carbocycles. The second-order valence-electron chi connectivity index (χ2n) is 5.37. The monoisotopic (exact) mass is 398 g/mol. The predicted molar refractivity (Wildman–Crippen MR) is 76.8 cm³/mol. The van der Waals surface area contributed by atoms with Gasteiger partial charge in [-0.3, -0.25) is 4.90 Å². The Labute approximate surface area is 144 Å². The van der Waals surface area contributed by atoms with Crippen molar-refractivity contribution in [3.8, 4) is 0 Å². The molecular weight excluding hydrogens is 384 g/mol. The number of benzene rings is 1. The highest BCUT2D eigenvalue weighted by molar-refractivity contribution is 5.85. The van der Waals surface area contributed by atoms with Crippen LogP contribution in [0.15, 0.2) is 12.1 Å². The van der Waals surface area contributed by atoms with Crippen LogP contribution >= 0.6 is 12.4 Å². The van der Waals surface area contributed by atoms with Gasteiger partial charge in [-0.25, -0.2) is 8.78 Å². The van der Waals surface area contributed by atoms with E-state index in [-0.39, 0.29) is 37.6 Å². The molecule has 1 fully saturated rings. The highest BCUT2D eigenvalue weighted by Gasteiger charge is 2.42. The van der Waals surface area contributed by atoms with Crippen molar-refractivity contribution in [1.29, 1.82) is 0 Å². The van der Waals surface area contributed by atoms with Crippen LogP contribution in [0.5, 0.6) is 0 Å². The van der Waals surface area contributed by atoms with Crippen molar-refractivity contribution in [3.63, 3.8) is 0 Å². The first-order valence-corrected chi connectivity index (χ1v) is 7.04. The van der Waals surface area contributed by atoms with Gasteiger partial charge in [0.25, 0.3) is 0 Å². The van der Waals surface area contributed by atoms with E-state index in [1.54, 1.807) is 0 Å². The number of rotatable bonds is 3. The molecule has 0 unspecified atom stereocenters. The maximum Gasteiger partial charge on any atom is 0.416 e. The van der Waals surface area contributed by atoms with E-state index in [1.807, 2.05) is 0 Å². The standard InChI is InChI=1S/C14H14F8N2.ClH/c15-7-11(24-3-1-23-2-4-24)12-9(14(20,21)22)5-8(6-10(12)16)13(17,18)19;/h5-6,11,23H,1-4,7H2;1H/t11-;/m0./s1. The van der Waals surface area contributed by atoms with Gasteiger partial charge in [-0.15, -0.1) is 12.4 Å². The van der Waals surface area contributed by atoms with Gasteiger partial charge in [-0.2, -0.15) is 26.3 Å². The molecular formula is C14H15ClF8N2.